The summed E-state index contributed by atoms with van der Waals surface area (Å²) < 4.78 is 10.7. The van der Waals surface area contributed by atoms with Crippen molar-refractivity contribution in [3.05, 3.63) is 40.3 Å². The molecular weight excluding hydrogens is 370 g/mol. The Balaban J connectivity index is 2.38. The van der Waals surface area contributed by atoms with Gasteiger partial charge in [0.2, 0.25) is 0 Å². The Morgan fingerprint density at radius 3 is 2.79 bits per heavy atom. The van der Waals surface area contributed by atoms with E-state index in [9.17, 15) is 9.59 Å². The number of carbonyl (C=O) groups excluding carboxylic acids is 2. The van der Waals surface area contributed by atoms with E-state index in [-0.39, 0.29) is 16.7 Å². The number of esters is 1. The highest BCUT2D eigenvalue weighted by Crippen LogP contribution is 2.39. The smallest absolute Gasteiger partial charge is 0.308 e. The van der Waals surface area contributed by atoms with Crippen LogP contribution in [0.4, 0.5) is 0 Å². The fourth-order valence-corrected chi connectivity index (χ4v) is 3.54. The number of ether oxygens (including phenoxy) is 2. The maximum absolute atomic E-state index is 12.3. The average molecular weight is 384 g/mol. The molecule has 0 aliphatic carbocycles. The van der Waals surface area contributed by atoms with Crippen molar-refractivity contribution in [2.45, 2.75) is 6.92 Å². The summed E-state index contributed by atoms with van der Waals surface area (Å²) in [6.45, 7) is 5.24. The fraction of sp³-hybridized carbons (Fsp3) is 0.188. The van der Waals surface area contributed by atoms with Gasteiger partial charge in [-0.3, -0.25) is 14.5 Å². The second-order valence-electron chi connectivity index (χ2n) is 4.71. The molecule has 0 aromatic heterocycles. The van der Waals surface area contributed by atoms with Crippen LogP contribution in [0.15, 0.2) is 29.7 Å². The second kappa shape index (κ2) is 7.83. The number of benzene rings is 1. The molecule has 0 bridgehead atoms. The molecule has 0 radical (unpaired) electrons. The zero-order chi connectivity index (χ0) is 17.9. The highest BCUT2D eigenvalue weighted by molar-refractivity contribution is 8.26. The third-order valence-corrected chi connectivity index (χ3v) is 4.64. The predicted molar refractivity (Wildman–Crippen MR) is 99.4 cm³/mol. The van der Waals surface area contributed by atoms with Crippen molar-refractivity contribution < 1.29 is 19.1 Å². The van der Waals surface area contributed by atoms with E-state index in [4.69, 9.17) is 33.3 Å². The number of methoxy groups -OCH3 is 1. The molecule has 24 heavy (non-hydrogen) atoms. The standard InChI is InChI=1S/C16H14ClNO4S2/c1-4-5-18-15(20)13(24-16(18)23)8-10-6-11(17)14(22-9(2)19)12(7-10)21-3/h4,6-8H,1,5H2,2-3H3. The number of hydrogen-bond acceptors (Lipinski definition) is 6. The second-order valence-corrected chi connectivity index (χ2v) is 6.79. The summed E-state index contributed by atoms with van der Waals surface area (Å²) in [4.78, 5) is 25.4. The van der Waals surface area contributed by atoms with Gasteiger partial charge in [0.15, 0.2) is 11.5 Å². The van der Waals surface area contributed by atoms with Gasteiger partial charge >= 0.3 is 5.97 Å². The van der Waals surface area contributed by atoms with Crippen LogP contribution < -0.4 is 9.47 Å². The molecule has 0 saturated carbocycles. The number of carbonyl (C=O) groups is 2. The van der Waals surface area contributed by atoms with E-state index in [1.165, 1.54) is 30.7 Å². The van der Waals surface area contributed by atoms with Gasteiger partial charge < -0.3 is 9.47 Å². The van der Waals surface area contributed by atoms with E-state index in [0.717, 1.165) is 0 Å². The number of halogens is 1. The van der Waals surface area contributed by atoms with Crippen LogP contribution in [0, 0.1) is 0 Å². The van der Waals surface area contributed by atoms with Crippen molar-refractivity contribution in [2.24, 2.45) is 0 Å². The van der Waals surface area contributed by atoms with Gasteiger partial charge in [0.1, 0.15) is 4.32 Å². The highest BCUT2D eigenvalue weighted by atomic mass is 35.5. The number of nitrogens with zero attached hydrogens (tertiary/aromatic N) is 1. The summed E-state index contributed by atoms with van der Waals surface area (Å²) in [5, 5.41) is 0.206. The molecule has 2 rings (SSSR count). The minimum atomic E-state index is -0.506. The third kappa shape index (κ3) is 3.98. The molecule has 5 nitrogen and oxygen atoms in total. The van der Waals surface area contributed by atoms with E-state index in [1.807, 2.05) is 0 Å². The normalized spacial score (nSPS) is 15.8. The van der Waals surface area contributed by atoms with Crippen LogP contribution in [0.5, 0.6) is 11.5 Å². The van der Waals surface area contributed by atoms with Gasteiger partial charge in [-0.05, 0) is 23.8 Å². The van der Waals surface area contributed by atoms with Crippen molar-refractivity contribution >= 4 is 57.9 Å². The van der Waals surface area contributed by atoms with Crippen LogP contribution in [0.2, 0.25) is 5.02 Å². The Kier molecular flexibility index (Phi) is 6.04. The summed E-state index contributed by atoms with van der Waals surface area (Å²) in [7, 11) is 1.44. The van der Waals surface area contributed by atoms with E-state index in [1.54, 1.807) is 24.3 Å². The molecular formula is C16H14ClNO4S2. The maximum Gasteiger partial charge on any atom is 0.308 e. The number of amides is 1. The first-order valence-electron chi connectivity index (χ1n) is 6.79. The van der Waals surface area contributed by atoms with Crippen molar-refractivity contribution in [1.82, 2.24) is 4.90 Å². The zero-order valence-corrected chi connectivity index (χ0v) is 15.4. The minimum absolute atomic E-state index is 0.142. The SMILES string of the molecule is C=CCN1C(=O)C(=Cc2cc(Cl)c(OC(C)=O)c(OC)c2)SC1=S. The van der Waals surface area contributed by atoms with E-state index in [0.29, 0.717) is 27.1 Å². The first-order valence-corrected chi connectivity index (χ1v) is 8.39. The van der Waals surface area contributed by atoms with Crippen LogP contribution in [0.1, 0.15) is 12.5 Å². The Morgan fingerprint density at radius 2 is 2.21 bits per heavy atom. The molecule has 1 heterocycles. The molecule has 1 aromatic rings. The monoisotopic (exact) mass is 383 g/mol. The lowest BCUT2D eigenvalue weighted by Crippen LogP contribution is -2.27. The minimum Gasteiger partial charge on any atom is -0.493 e. The van der Waals surface area contributed by atoms with Gasteiger partial charge in [-0.15, -0.1) is 6.58 Å². The first-order chi connectivity index (χ1) is 11.4. The fourth-order valence-electron chi connectivity index (χ4n) is 2.00. The predicted octanol–water partition coefficient (Wildman–Crippen LogP) is 3.66. The molecule has 0 atom stereocenters. The van der Waals surface area contributed by atoms with Crippen molar-refractivity contribution in [3.63, 3.8) is 0 Å². The van der Waals surface area contributed by atoms with Crippen LogP contribution in [-0.4, -0.2) is 34.8 Å². The van der Waals surface area contributed by atoms with Gasteiger partial charge in [-0.25, -0.2) is 0 Å². The lowest BCUT2D eigenvalue weighted by Gasteiger charge is -2.11. The van der Waals surface area contributed by atoms with Crippen molar-refractivity contribution in [3.8, 4) is 11.5 Å². The summed E-state index contributed by atoms with van der Waals surface area (Å²) in [6.07, 6.45) is 3.27. The molecule has 1 fully saturated rings. The Morgan fingerprint density at radius 1 is 1.50 bits per heavy atom. The number of thioether (sulfide) groups is 1. The van der Waals surface area contributed by atoms with Crippen LogP contribution in [-0.2, 0) is 9.59 Å². The molecule has 1 aliphatic rings. The number of rotatable bonds is 5. The average Bonchev–Trinajstić information content (AvgIpc) is 2.77. The maximum atomic E-state index is 12.3. The molecule has 1 saturated heterocycles. The largest absolute Gasteiger partial charge is 0.493 e. The summed E-state index contributed by atoms with van der Waals surface area (Å²) >= 11 is 12.6. The van der Waals surface area contributed by atoms with Crippen LogP contribution in [0.25, 0.3) is 6.08 Å². The van der Waals surface area contributed by atoms with Crippen molar-refractivity contribution in [1.29, 1.82) is 0 Å². The molecule has 0 N–H and O–H groups in total. The lowest BCUT2D eigenvalue weighted by atomic mass is 10.1. The van der Waals surface area contributed by atoms with Gasteiger partial charge in [0.25, 0.3) is 5.91 Å². The van der Waals surface area contributed by atoms with Crippen LogP contribution in [0.3, 0.4) is 0 Å². The van der Waals surface area contributed by atoms with Gasteiger partial charge in [0, 0.05) is 13.5 Å². The first kappa shape index (κ1) is 18.5. The Hall–Kier alpha value is -1.83. The molecule has 1 aliphatic heterocycles. The molecule has 126 valence electrons. The van der Waals surface area contributed by atoms with Gasteiger partial charge in [-0.1, -0.05) is 41.7 Å². The summed E-state index contributed by atoms with van der Waals surface area (Å²) in [6, 6.07) is 3.21. The molecule has 0 unspecified atom stereocenters. The number of thiocarbonyl (C=S) groups is 1. The highest BCUT2D eigenvalue weighted by Gasteiger charge is 2.31. The molecule has 8 heteroatoms. The summed E-state index contributed by atoms with van der Waals surface area (Å²) in [5.74, 6) is -0.258. The Labute approximate surface area is 154 Å². The van der Waals surface area contributed by atoms with E-state index in [2.05, 4.69) is 6.58 Å². The Bertz CT molecular complexity index is 761. The zero-order valence-electron chi connectivity index (χ0n) is 13.0. The summed E-state index contributed by atoms with van der Waals surface area (Å²) in [5.41, 5.74) is 0.631. The van der Waals surface area contributed by atoms with E-state index < -0.39 is 5.97 Å². The van der Waals surface area contributed by atoms with Crippen LogP contribution >= 0.6 is 35.6 Å². The molecule has 1 aromatic carbocycles. The number of hydrogen-bond donors (Lipinski definition) is 0. The lowest BCUT2D eigenvalue weighted by molar-refractivity contribution is -0.132. The molecule has 1 amide bonds. The van der Waals surface area contributed by atoms with Gasteiger partial charge in [-0.2, -0.15) is 0 Å². The van der Waals surface area contributed by atoms with Crippen molar-refractivity contribution in [2.75, 3.05) is 13.7 Å². The quantitative estimate of drug-likeness (QED) is 0.254. The van der Waals surface area contributed by atoms with E-state index >= 15 is 0 Å². The topological polar surface area (TPSA) is 55.8 Å². The molecule has 0 spiro atoms. The third-order valence-electron chi connectivity index (χ3n) is 2.98. The van der Waals surface area contributed by atoms with Gasteiger partial charge in [0.05, 0.1) is 17.0 Å².